The second-order valence-corrected chi connectivity index (χ2v) is 10.1. The molecule has 202 valence electrons. The van der Waals surface area contributed by atoms with E-state index in [0.717, 1.165) is 31.2 Å². The van der Waals surface area contributed by atoms with Gasteiger partial charge < -0.3 is 29.2 Å². The van der Waals surface area contributed by atoms with Crippen molar-refractivity contribution in [2.24, 2.45) is 5.92 Å². The number of carbonyl (C=O) groups is 4. The Bertz CT molecular complexity index is 1100. The summed E-state index contributed by atoms with van der Waals surface area (Å²) in [6.45, 7) is 3.56. The maximum absolute atomic E-state index is 13.0. The van der Waals surface area contributed by atoms with Crippen LogP contribution in [-0.2, 0) is 20.8 Å². The van der Waals surface area contributed by atoms with Crippen LogP contribution in [0.15, 0.2) is 24.3 Å². The van der Waals surface area contributed by atoms with E-state index in [9.17, 15) is 19.2 Å². The molecule has 0 N–H and O–H groups in total. The van der Waals surface area contributed by atoms with E-state index in [2.05, 4.69) is 18.1 Å². The summed E-state index contributed by atoms with van der Waals surface area (Å²) in [4.78, 5) is 63.0. The number of likely N-dealkylation sites (tertiary alicyclic amines) is 1. The molecule has 0 saturated carbocycles. The van der Waals surface area contributed by atoms with Crippen LogP contribution in [0.25, 0.3) is 0 Å². The number of carbonyl (C=O) groups excluding carboxylic acids is 4. The first kappa shape index (κ1) is 25.9. The highest BCUT2D eigenvalue weighted by atomic mass is 16.7. The van der Waals surface area contributed by atoms with E-state index in [1.807, 2.05) is 12.1 Å². The van der Waals surface area contributed by atoms with Crippen molar-refractivity contribution in [1.82, 2.24) is 24.7 Å². The number of amides is 6. The van der Waals surface area contributed by atoms with Crippen molar-refractivity contribution >= 4 is 24.1 Å². The number of imide groups is 1. The van der Waals surface area contributed by atoms with Crippen LogP contribution in [0, 0.1) is 18.3 Å². The first-order chi connectivity index (χ1) is 18.4. The number of rotatable bonds is 4. The Morgan fingerprint density at radius 2 is 1.66 bits per heavy atom. The quantitative estimate of drug-likeness (QED) is 0.440. The summed E-state index contributed by atoms with van der Waals surface area (Å²) in [5.41, 5.74) is 2.10. The lowest BCUT2D eigenvalue weighted by Crippen LogP contribution is -2.58. The molecular formula is C27H33N5O6. The molecule has 5 rings (SSSR count). The largest absolute Gasteiger partial charge is 0.434 e. The van der Waals surface area contributed by atoms with E-state index in [-0.39, 0.29) is 19.1 Å². The van der Waals surface area contributed by atoms with Gasteiger partial charge in [0.2, 0.25) is 0 Å². The van der Waals surface area contributed by atoms with E-state index >= 15 is 0 Å². The lowest BCUT2D eigenvalue weighted by Gasteiger charge is -2.38. The molecule has 1 aromatic carbocycles. The fourth-order valence-corrected chi connectivity index (χ4v) is 5.46. The van der Waals surface area contributed by atoms with Crippen molar-refractivity contribution in [1.29, 1.82) is 0 Å². The number of aryl methyl sites for hydroxylation is 1. The van der Waals surface area contributed by atoms with Gasteiger partial charge in [0.1, 0.15) is 6.04 Å². The predicted molar refractivity (Wildman–Crippen MR) is 136 cm³/mol. The van der Waals surface area contributed by atoms with Crippen molar-refractivity contribution < 1.29 is 28.8 Å². The number of hydroxylamine groups is 2. The number of ether oxygens (including phenoxy) is 1. The van der Waals surface area contributed by atoms with Gasteiger partial charge >= 0.3 is 18.2 Å². The molecule has 4 aliphatic heterocycles. The molecule has 0 aliphatic carbocycles. The number of morpholine rings is 1. The number of benzene rings is 1. The summed E-state index contributed by atoms with van der Waals surface area (Å²) in [6.07, 6.45) is 8.32. The first-order valence-corrected chi connectivity index (χ1v) is 13.2. The SMILES string of the molecule is C#Cc1ccc(CCC2CCN(C(=O)ON3C(=O)C4CN(C(=O)N5CCOCC5)CCN4C3=O)CC2)cc1. The molecular weight excluding hydrogens is 490 g/mol. The van der Waals surface area contributed by atoms with Gasteiger partial charge in [0, 0.05) is 44.8 Å². The van der Waals surface area contributed by atoms with Gasteiger partial charge in [-0.2, -0.15) is 0 Å². The highest BCUT2D eigenvalue weighted by Crippen LogP contribution is 2.26. The molecule has 0 aromatic heterocycles. The zero-order chi connectivity index (χ0) is 26.6. The molecule has 4 heterocycles. The van der Waals surface area contributed by atoms with Crippen LogP contribution < -0.4 is 0 Å². The molecule has 4 saturated heterocycles. The minimum Gasteiger partial charge on any atom is -0.378 e. The van der Waals surface area contributed by atoms with Crippen LogP contribution >= 0.6 is 0 Å². The smallest absolute Gasteiger partial charge is 0.378 e. The average Bonchev–Trinajstić information content (AvgIpc) is 3.20. The second-order valence-electron chi connectivity index (χ2n) is 10.1. The van der Waals surface area contributed by atoms with Gasteiger partial charge in [-0.25, -0.2) is 14.4 Å². The zero-order valence-electron chi connectivity index (χ0n) is 21.4. The average molecular weight is 524 g/mol. The van der Waals surface area contributed by atoms with Gasteiger partial charge in [-0.3, -0.25) is 4.79 Å². The van der Waals surface area contributed by atoms with E-state index in [1.54, 1.807) is 14.7 Å². The van der Waals surface area contributed by atoms with E-state index < -0.39 is 24.1 Å². The Hall–Kier alpha value is -3.78. The topological polar surface area (TPSA) is 103 Å². The van der Waals surface area contributed by atoms with Gasteiger partial charge in [0.15, 0.2) is 0 Å². The minimum atomic E-state index is -0.852. The molecule has 1 unspecified atom stereocenters. The maximum atomic E-state index is 13.0. The Morgan fingerprint density at radius 3 is 2.34 bits per heavy atom. The van der Waals surface area contributed by atoms with Crippen molar-refractivity contribution in [3.63, 3.8) is 0 Å². The number of fused-ring (bicyclic) bond motifs is 1. The van der Waals surface area contributed by atoms with E-state index in [0.29, 0.717) is 56.9 Å². The summed E-state index contributed by atoms with van der Waals surface area (Å²) in [6, 6.07) is 6.32. The standard InChI is InChI=1S/C27H33N5O6/c1-2-20-3-5-21(6-4-20)7-8-22-9-11-29(12-10-22)27(36)38-32-24(33)23-19-30(13-14-31(23)26(32)35)25(34)28-15-17-37-18-16-28/h1,3-6,22-23H,7-19H2. The number of piperidine rings is 1. The highest BCUT2D eigenvalue weighted by molar-refractivity contribution is 6.04. The normalized spacial score (nSPS) is 22.4. The summed E-state index contributed by atoms with van der Waals surface area (Å²) in [5.74, 6) is 2.48. The van der Waals surface area contributed by atoms with Gasteiger partial charge in [-0.1, -0.05) is 23.1 Å². The molecule has 1 aromatic rings. The molecule has 4 aliphatic rings. The summed E-state index contributed by atoms with van der Waals surface area (Å²) in [7, 11) is 0. The third-order valence-corrected chi connectivity index (χ3v) is 7.84. The van der Waals surface area contributed by atoms with Crippen LogP contribution in [0.1, 0.15) is 30.4 Å². The van der Waals surface area contributed by atoms with Crippen molar-refractivity contribution in [2.75, 3.05) is 59.0 Å². The van der Waals surface area contributed by atoms with Gasteiger partial charge in [-0.15, -0.1) is 6.42 Å². The summed E-state index contributed by atoms with van der Waals surface area (Å²) >= 11 is 0. The van der Waals surface area contributed by atoms with Gasteiger partial charge in [0.25, 0.3) is 5.91 Å². The molecule has 0 bridgehead atoms. The van der Waals surface area contributed by atoms with Gasteiger partial charge in [-0.05, 0) is 49.3 Å². The number of urea groups is 2. The third-order valence-electron chi connectivity index (χ3n) is 7.84. The Labute approximate surface area is 222 Å². The molecule has 4 fully saturated rings. The molecule has 11 nitrogen and oxygen atoms in total. The fourth-order valence-electron chi connectivity index (χ4n) is 5.46. The Balaban J connectivity index is 1.09. The summed E-state index contributed by atoms with van der Waals surface area (Å²) in [5, 5.41) is 0.571. The number of terminal acetylenes is 1. The molecule has 6 amide bonds. The van der Waals surface area contributed by atoms with Crippen LogP contribution in [0.5, 0.6) is 0 Å². The number of nitrogens with zero attached hydrogens (tertiary/aromatic N) is 5. The summed E-state index contributed by atoms with van der Waals surface area (Å²) < 4.78 is 5.30. The molecule has 0 spiro atoms. The van der Waals surface area contributed by atoms with E-state index in [4.69, 9.17) is 16.0 Å². The molecule has 11 heteroatoms. The van der Waals surface area contributed by atoms with Crippen LogP contribution in [0.2, 0.25) is 0 Å². The lowest BCUT2D eigenvalue weighted by molar-refractivity contribution is -0.152. The first-order valence-electron chi connectivity index (χ1n) is 13.2. The maximum Gasteiger partial charge on any atom is 0.434 e. The van der Waals surface area contributed by atoms with Crippen LogP contribution in [-0.4, -0.2) is 114 Å². The van der Waals surface area contributed by atoms with E-state index in [1.165, 1.54) is 10.5 Å². The van der Waals surface area contributed by atoms with Crippen LogP contribution in [0.4, 0.5) is 14.4 Å². The predicted octanol–water partition coefficient (Wildman–Crippen LogP) is 1.76. The fraction of sp³-hybridized carbons (Fsp3) is 0.556. The number of hydrogen-bond donors (Lipinski definition) is 0. The molecule has 38 heavy (non-hydrogen) atoms. The molecule has 1 atom stereocenters. The Morgan fingerprint density at radius 1 is 0.947 bits per heavy atom. The third kappa shape index (κ3) is 5.41. The van der Waals surface area contributed by atoms with Crippen molar-refractivity contribution in [3.8, 4) is 12.3 Å². The van der Waals surface area contributed by atoms with Crippen LogP contribution in [0.3, 0.4) is 0 Å². The Kier molecular flexibility index (Phi) is 7.69. The number of hydrogen-bond acceptors (Lipinski definition) is 6. The number of piperazine rings is 1. The monoisotopic (exact) mass is 523 g/mol. The van der Waals surface area contributed by atoms with Crippen molar-refractivity contribution in [2.45, 2.75) is 31.7 Å². The minimum absolute atomic E-state index is 0.0751. The van der Waals surface area contributed by atoms with Crippen molar-refractivity contribution in [3.05, 3.63) is 35.4 Å². The highest BCUT2D eigenvalue weighted by Gasteiger charge is 2.51. The zero-order valence-corrected chi connectivity index (χ0v) is 21.4. The van der Waals surface area contributed by atoms with Gasteiger partial charge in [0.05, 0.1) is 19.8 Å². The molecule has 0 radical (unpaired) electrons. The lowest BCUT2D eigenvalue weighted by atomic mass is 9.90. The second kappa shape index (κ2) is 11.3.